The summed E-state index contributed by atoms with van der Waals surface area (Å²) >= 11 is 0. The van der Waals surface area contributed by atoms with Gasteiger partial charge in [-0.05, 0) is 56.3 Å². The Labute approximate surface area is 170 Å². The molecular formula is C22H27N5O2. The molecule has 2 N–H and O–H groups in total. The number of hydrogen-bond acceptors (Lipinski definition) is 5. The van der Waals surface area contributed by atoms with Crippen LogP contribution in [0.5, 0.6) is 5.75 Å². The lowest BCUT2D eigenvalue weighted by atomic mass is 10.0. The van der Waals surface area contributed by atoms with Crippen molar-refractivity contribution in [2.75, 3.05) is 32.7 Å². The number of aromatic amines is 1. The van der Waals surface area contributed by atoms with E-state index in [1.807, 2.05) is 17.9 Å². The molecule has 0 bridgehead atoms. The van der Waals surface area contributed by atoms with Crippen molar-refractivity contribution in [1.82, 2.24) is 25.0 Å². The molecule has 0 spiro atoms. The van der Waals surface area contributed by atoms with Gasteiger partial charge in [-0.2, -0.15) is 5.10 Å². The number of carbonyl (C=O) groups is 1. The van der Waals surface area contributed by atoms with Crippen LogP contribution >= 0.6 is 0 Å². The number of pyridine rings is 1. The van der Waals surface area contributed by atoms with Crippen molar-refractivity contribution in [2.45, 2.75) is 26.7 Å². The number of nitrogens with one attached hydrogen (secondary N) is 1. The Morgan fingerprint density at radius 3 is 2.66 bits per heavy atom. The lowest BCUT2D eigenvalue weighted by Gasteiger charge is -2.22. The van der Waals surface area contributed by atoms with E-state index in [9.17, 15) is 9.90 Å². The summed E-state index contributed by atoms with van der Waals surface area (Å²) in [6.45, 7) is 8.61. The number of H-pyrrole nitrogens is 1. The van der Waals surface area contributed by atoms with Gasteiger partial charge in [0.1, 0.15) is 5.75 Å². The Bertz CT molecular complexity index is 1010. The van der Waals surface area contributed by atoms with Crippen molar-refractivity contribution < 1.29 is 9.90 Å². The Hall–Kier alpha value is -2.93. The number of nitrogens with zero attached hydrogens (tertiary/aromatic N) is 4. The highest BCUT2D eigenvalue weighted by Gasteiger charge is 2.24. The molecular weight excluding hydrogens is 366 g/mol. The Kier molecular flexibility index (Phi) is 5.49. The van der Waals surface area contributed by atoms with Crippen LogP contribution in [-0.2, 0) is 6.42 Å². The van der Waals surface area contributed by atoms with Crippen molar-refractivity contribution in [3.63, 3.8) is 0 Å². The van der Waals surface area contributed by atoms with E-state index in [1.165, 1.54) is 0 Å². The van der Waals surface area contributed by atoms with Gasteiger partial charge in [0.2, 0.25) is 0 Å². The highest BCUT2D eigenvalue weighted by molar-refractivity contribution is 6.07. The zero-order chi connectivity index (χ0) is 20.4. The number of aromatic hydroxyl groups is 1. The molecule has 0 radical (unpaired) electrons. The SMILES string of the molecule is CCc1[nH]nc2nc(-c3ccc(O)cc3)cc(C(=O)N3CCCN(CC)CC3)c12. The van der Waals surface area contributed by atoms with E-state index < -0.39 is 0 Å². The van der Waals surface area contributed by atoms with Crippen molar-refractivity contribution in [3.8, 4) is 17.0 Å². The molecule has 0 atom stereocenters. The van der Waals surface area contributed by atoms with Crippen LogP contribution in [0, 0.1) is 0 Å². The standard InChI is InChI=1S/C22H27N5O2/c1-3-18-20-17(22(29)27-11-5-10-26(4-2)12-13-27)14-19(23-21(20)25-24-18)15-6-8-16(28)9-7-15/h6-9,14,28H,3-5,10-13H2,1-2H3,(H,23,24,25). The first-order valence-corrected chi connectivity index (χ1v) is 10.3. The average Bonchev–Trinajstić information content (AvgIpc) is 3.01. The highest BCUT2D eigenvalue weighted by atomic mass is 16.3. The van der Waals surface area contributed by atoms with Gasteiger partial charge in [-0.3, -0.25) is 9.89 Å². The number of amides is 1. The van der Waals surface area contributed by atoms with Gasteiger partial charge in [0.25, 0.3) is 5.91 Å². The number of fused-ring (bicyclic) bond motifs is 1. The maximum Gasteiger partial charge on any atom is 0.254 e. The first-order valence-electron chi connectivity index (χ1n) is 10.3. The van der Waals surface area contributed by atoms with Crippen molar-refractivity contribution in [3.05, 3.63) is 41.6 Å². The summed E-state index contributed by atoms with van der Waals surface area (Å²) in [5.74, 6) is 0.232. The quantitative estimate of drug-likeness (QED) is 0.712. The van der Waals surface area contributed by atoms with Gasteiger partial charge in [-0.1, -0.05) is 13.8 Å². The van der Waals surface area contributed by atoms with E-state index in [0.29, 0.717) is 16.9 Å². The zero-order valence-electron chi connectivity index (χ0n) is 17.0. The molecule has 4 rings (SSSR count). The molecule has 1 aliphatic heterocycles. The number of benzene rings is 1. The van der Waals surface area contributed by atoms with Gasteiger partial charge in [0.05, 0.1) is 16.6 Å². The van der Waals surface area contributed by atoms with Crippen LogP contribution in [0.4, 0.5) is 0 Å². The van der Waals surface area contributed by atoms with Crippen LogP contribution in [0.15, 0.2) is 30.3 Å². The second-order valence-electron chi connectivity index (χ2n) is 7.44. The molecule has 1 aliphatic rings. The molecule has 2 aromatic heterocycles. The molecule has 7 heteroatoms. The summed E-state index contributed by atoms with van der Waals surface area (Å²) in [5, 5.41) is 17.8. The molecule has 7 nitrogen and oxygen atoms in total. The second kappa shape index (κ2) is 8.21. The van der Waals surface area contributed by atoms with E-state index in [0.717, 1.165) is 62.2 Å². The minimum atomic E-state index is 0.0338. The topological polar surface area (TPSA) is 85.3 Å². The summed E-state index contributed by atoms with van der Waals surface area (Å²) in [4.78, 5) is 22.6. The van der Waals surface area contributed by atoms with Crippen LogP contribution < -0.4 is 0 Å². The molecule has 1 aromatic carbocycles. The maximum atomic E-state index is 13.6. The zero-order valence-corrected chi connectivity index (χ0v) is 17.0. The van der Waals surface area contributed by atoms with E-state index in [1.54, 1.807) is 24.3 Å². The van der Waals surface area contributed by atoms with Gasteiger partial charge >= 0.3 is 0 Å². The van der Waals surface area contributed by atoms with Gasteiger partial charge < -0.3 is 14.9 Å². The van der Waals surface area contributed by atoms with Gasteiger partial charge in [0.15, 0.2) is 5.65 Å². The summed E-state index contributed by atoms with van der Waals surface area (Å²) in [5.41, 5.74) is 3.65. The largest absolute Gasteiger partial charge is 0.508 e. The molecule has 0 unspecified atom stereocenters. The monoisotopic (exact) mass is 393 g/mol. The predicted octanol–water partition coefficient (Wildman–Crippen LogP) is 3.06. The number of aromatic nitrogens is 3. The molecule has 1 fully saturated rings. The Balaban J connectivity index is 1.77. The number of carbonyl (C=O) groups excluding carboxylic acids is 1. The smallest absolute Gasteiger partial charge is 0.254 e. The third-order valence-electron chi connectivity index (χ3n) is 5.67. The molecule has 1 saturated heterocycles. The maximum absolute atomic E-state index is 13.6. The number of rotatable bonds is 4. The lowest BCUT2D eigenvalue weighted by Crippen LogP contribution is -2.35. The first-order chi connectivity index (χ1) is 14.1. The van der Waals surface area contributed by atoms with E-state index in [4.69, 9.17) is 0 Å². The van der Waals surface area contributed by atoms with Crippen LogP contribution in [0.1, 0.15) is 36.3 Å². The molecule has 0 aliphatic carbocycles. The fourth-order valence-corrected chi connectivity index (χ4v) is 3.95. The predicted molar refractivity (Wildman–Crippen MR) is 113 cm³/mol. The van der Waals surface area contributed by atoms with Gasteiger partial charge in [0, 0.05) is 30.9 Å². The molecule has 3 aromatic rings. The number of phenols is 1. The van der Waals surface area contributed by atoms with Crippen LogP contribution in [0.2, 0.25) is 0 Å². The molecule has 29 heavy (non-hydrogen) atoms. The molecule has 1 amide bonds. The molecule has 152 valence electrons. The van der Waals surface area contributed by atoms with Crippen molar-refractivity contribution in [1.29, 1.82) is 0 Å². The summed E-state index contributed by atoms with van der Waals surface area (Å²) in [6, 6.07) is 8.72. The summed E-state index contributed by atoms with van der Waals surface area (Å²) in [7, 11) is 0. The number of likely N-dealkylation sites (N-methyl/N-ethyl adjacent to an activating group) is 1. The lowest BCUT2D eigenvalue weighted by molar-refractivity contribution is 0.0763. The van der Waals surface area contributed by atoms with Crippen molar-refractivity contribution in [2.24, 2.45) is 0 Å². The second-order valence-corrected chi connectivity index (χ2v) is 7.44. The number of hydrogen-bond donors (Lipinski definition) is 2. The number of aryl methyl sites for hydroxylation is 1. The minimum Gasteiger partial charge on any atom is -0.508 e. The van der Waals surface area contributed by atoms with E-state index in [2.05, 4.69) is 27.0 Å². The summed E-state index contributed by atoms with van der Waals surface area (Å²) < 4.78 is 0. The van der Waals surface area contributed by atoms with Crippen LogP contribution in [-0.4, -0.2) is 68.7 Å². The van der Waals surface area contributed by atoms with Crippen molar-refractivity contribution >= 4 is 16.9 Å². The van der Waals surface area contributed by atoms with Gasteiger partial charge in [-0.25, -0.2) is 4.98 Å². The van der Waals surface area contributed by atoms with Gasteiger partial charge in [-0.15, -0.1) is 0 Å². The first kappa shape index (κ1) is 19.4. The van der Waals surface area contributed by atoms with E-state index in [-0.39, 0.29) is 11.7 Å². The third-order valence-corrected chi connectivity index (χ3v) is 5.67. The fourth-order valence-electron chi connectivity index (χ4n) is 3.95. The highest BCUT2D eigenvalue weighted by Crippen LogP contribution is 2.28. The Morgan fingerprint density at radius 1 is 1.14 bits per heavy atom. The minimum absolute atomic E-state index is 0.0338. The average molecular weight is 393 g/mol. The normalized spacial score (nSPS) is 15.6. The fraction of sp³-hybridized carbons (Fsp3) is 0.409. The molecule has 0 saturated carbocycles. The van der Waals surface area contributed by atoms with Crippen LogP contribution in [0.3, 0.4) is 0 Å². The third kappa shape index (κ3) is 3.82. The summed E-state index contributed by atoms with van der Waals surface area (Å²) in [6.07, 6.45) is 1.73. The Morgan fingerprint density at radius 2 is 1.93 bits per heavy atom. The van der Waals surface area contributed by atoms with E-state index >= 15 is 0 Å². The van der Waals surface area contributed by atoms with Crippen LogP contribution in [0.25, 0.3) is 22.3 Å². The molecule has 3 heterocycles. The number of phenolic OH excluding ortho intramolecular Hbond substituents is 1.